The number of non-ortho nitro benzene ring substituents is 1. The molecule has 0 radical (unpaired) electrons. The summed E-state index contributed by atoms with van der Waals surface area (Å²) >= 11 is 0. The average Bonchev–Trinajstić information content (AvgIpc) is 2.70. The minimum absolute atomic E-state index is 0.0653. The Morgan fingerprint density at radius 3 is 2.81 bits per heavy atom. The van der Waals surface area contributed by atoms with E-state index in [1.54, 1.807) is 11.0 Å². The van der Waals surface area contributed by atoms with Crippen LogP contribution in [0.4, 0.5) is 11.4 Å². The first kappa shape index (κ1) is 18.3. The number of nitro benzene ring substituents is 1. The monoisotopic (exact) mass is 366 g/mol. The molecule has 0 N–H and O–H groups in total. The number of esters is 1. The van der Waals surface area contributed by atoms with Gasteiger partial charge in [0, 0.05) is 30.4 Å². The fourth-order valence-electron chi connectivity index (χ4n) is 2.96. The zero-order valence-electron chi connectivity index (χ0n) is 14.5. The molecule has 0 fully saturated rings. The molecule has 0 aliphatic carbocycles. The van der Waals surface area contributed by atoms with Crippen LogP contribution in [0.15, 0.2) is 54.6 Å². The van der Waals surface area contributed by atoms with Crippen LogP contribution in [0.3, 0.4) is 0 Å². The van der Waals surface area contributed by atoms with Gasteiger partial charge in [0.05, 0.1) is 4.92 Å². The number of nitro groups is 1. The van der Waals surface area contributed by atoms with Gasteiger partial charge in [0.1, 0.15) is 0 Å². The summed E-state index contributed by atoms with van der Waals surface area (Å²) < 4.78 is 5.02. The van der Waals surface area contributed by atoms with Crippen molar-refractivity contribution in [2.24, 2.45) is 0 Å². The Morgan fingerprint density at radius 2 is 2.00 bits per heavy atom. The number of para-hydroxylation sites is 1. The van der Waals surface area contributed by atoms with E-state index in [0.29, 0.717) is 12.1 Å². The molecule has 3 rings (SSSR count). The standard InChI is InChI=1S/C20H18N2O5/c23-19(21-12-4-7-16-6-1-2-9-18(16)21)14-27-20(24)11-10-15-5-3-8-17(13-15)22(25)26/h1-3,5-6,8-11,13H,4,7,12,14H2/b11-10+. The molecule has 27 heavy (non-hydrogen) atoms. The number of carbonyl (C=O) groups is 2. The number of hydrogen-bond acceptors (Lipinski definition) is 5. The van der Waals surface area contributed by atoms with Crippen LogP contribution in [-0.4, -0.2) is 30.0 Å². The van der Waals surface area contributed by atoms with Crippen LogP contribution in [0.1, 0.15) is 17.5 Å². The molecular formula is C20H18N2O5. The van der Waals surface area contributed by atoms with Crippen LogP contribution in [0.25, 0.3) is 6.08 Å². The highest BCUT2D eigenvalue weighted by Crippen LogP contribution is 2.26. The van der Waals surface area contributed by atoms with E-state index >= 15 is 0 Å². The highest BCUT2D eigenvalue weighted by Gasteiger charge is 2.22. The Bertz CT molecular complexity index is 907. The zero-order valence-corrected chi connectivity index (χ0v) is 14.5. The molecule has 0 spiro atoms. The molecule has 7 nitrogen and oxygen atoms in total. The molecule has 138 valence electrons. The Kier molecular flexibility index (Phi) is 5.61. The molecule has 0 atom stereocenters. The molecule has 7 heteroatoms. The van der Waals surface area contributed by atoms with Crippen molar-refractivity contribution in [2.75, 3.05) is 18.1 Å². The van der Waals surface area contributed by atoms with Gasteiger partial charge in [-0.3, -0.25) is 14.9 Å². The number of hydrogen-bond donors (Lipinski definition) is 0. The van der Waals surface area contributed by atoms with Gasteiger partial charge in [-0.2, -0.15) is 0 Å². The first-order valence-electron chi connectivity index (χ1n) is 8.52. The van der Waals surface area contributed by atoms with Crippen molar-refractivity contribution < 1.29 is 19.2 Å². The van der Waals surface area contributed by atoms with E-state index in [0.717, 1.165) is 30.2 Å². The average molecular weight is 366 g/mol. The summed E-state index contributed by atoms with van der Waals surface area (Å²) in [5.41, 5.74) is 2.40. The number of ether oxygens (including phenoxy) is 1. The molecule has 1 heterocycles. The second-order valence-corrected chi connectivity index (χ2v) is 6.07. The molecule has 1 aliphatic rings. The topological polar surface area (TPSA) is 89.7 Å². The fourth-order valence-corrected chi connectivity index (χ4v) is 2.96. The van der Waals surface area contributed by atoms with Crippen molar-refractivity contribution in [3.8, 4) is 0 Å². The molecule has 2 aromatic carbocycles. The fraction of sp³-hybridized carbons (Fsp3) is 0.200. The Morgan fingerprint density at radius 1 is 1.19 bits per heavy atom. The van der Waals surface area contributed by atoms with Crippen molar-refractivity contribution in [3.05, 3.63) is 75.8 Å². The van der Waals surface area contributed by atoms with Crippen molar-refractivity contribution in [3.63, 3.8) is 0 Å². The van der Waals surface area contributed by atoms with Crippen molar-refractivity contribution in [1.29, 1.82) is 0 Å². The molecule has 1 amide bonds. The number of fused-ring (bicyclic) bond motifs is 1. The van der Waals surface area contributed by atoms with Gasteiger partial charge in [-0.15, -0.1) is 0 Å². The van der Waals surface area contributed by atoms with Crippen molar-refractivity contribution in [2.45, 2.75) is 12.8 Å². The Hall–Kier alpha value is -3.48. The summed E-state index contributed by atoms with van der Waals surface area (Å²) in [5, 5.41) is 10.8. The summed E-state index contributed by atoms with van der Waals surface area (Å²) in [6, 6.07) is 13.6. The Labute approximate surface area is 156 Å². The highest BCUT2D eigenvalue weighted by atomic mass is 16.6. The van der Waals surface area contributed by atoms with E-state index in [4.69, 9.17) is 4.74 Å². The maximum Gasteiger partial charge on any atom is 0.331 e. The van der Waals surface area contributed by atoms with Crippen molar-refractivity contribution in [1.82, 2.24) is 0 Å². The third-order valence-corrected chi connectivity index (χ3v) is 4.24. The maximum absolute atomic E-state index is 12.4. The minimum atomic E-state index is -0.680. The predicted molar refractivity (Wildman–Crippen MR) is 100 cm³/mol. The van der Waals surface area contributed by atoms with Gasteiger partial charge < -0.3 is 9.64 Å². The van der Waals surface area contributed by atoms with Gasteiger partial charge in [0.15, 0.2) is 6.61 Å². The van der Waals surface area contributed by atoms with Crippen LogP contribution < -0.4 is 4.90 Å². The molecule has 1 aliphatic heterocycles. The van der Waals surface area contributed by atoms with Gasteiger partial charge in [0.25, 0.3) is 11.6 Å². The van der Waals surface area contributed by atoms with E-state index in [-0.39, 0.29) is 18.2 Å². The van der Waals surface area contributed by atoms with Gasteiger partial charge in [-0.05, 0) is 36.1 Å². The molecular weight excluding hydrogens is 348 g/mol. The van der Waals surface area contributed by atoms with Gasteiger partial charge in [-0.25, -0.2) is 4.79 Å². The number of carbonyl (C=O) groups excluding carboxylic acids is 2. The van der Waals surface area contributed by atoms with Crippen LogP contribution in [-0.2, 0) is 20.7 Å². The quantitative estimate of drug-likeness (QED) is 0.351. The number of nitrogens with zero attached hydrogens (tertiary/aromatic N) is 2. The van der Waals surface area contributed by atoms with E-state index in [9.17, 15) is 19.7 Å². The lowest BCUT2D eigenvalue weighted by Gasteiger charge is -2.29. The van der Waals surface area contributed by atoms with Crippen LogP contribution >= 0.6 is 0 Å². The van der Waals surface area contributed by atoms with Crippen LogP contribution in [0.5, 0.6) is 0 Å². The summed E-state index contributed by atoms with van der Waals surface area (Å²) in [6.07, 6.45) is 4.35. The first-order chi connectivity index (χ1) is 13.0. The number of anilines is 1. The van der Waals surface area contributed by atoms with E-state index in [1.807, 2.05) is 24.3 Å². The SMILES string of the molecule is O=C(/C=C/c1cccc([N+](=O)[O-])c1)OCC(=O)N1CCCc2ccccc21. The maximum atomic E-state index is 12.4. The zero-order chi connectivity index (χ0) is 19.2. The summed E-state index contributed by atoms with van der Waals surface area (Å²) in [5.74, 6) is -0.959. The highest BCUT2D eigenvalue weighted by molar-refractivity contribution is 5.97. The first-order valence-corrected chi connectivity index (χ1v) is 8.52. The number of aryl methyl sites for hydroxylation is 1. The number of amides is 1. The normalized spacial score (nSPS) is 13.3. The second-order valence-electron chi connectivity index (χ2n) is 6.07. The smallest absolute Gasteiger partial charge is 0.331 e. The Balaban J connectivity index is 1.57. The molecule has 0 unspecified atom stereocenters. The number of rotatable bonds is 5. The third-order valence-electron chi connectivity index (χ3n) is 4.24. The molecule has 0 aromatic heterocycles. The second kappa shape index (κ2) is 8.27. The minimum Gasteiger partial charge on any atom is -0.452 e. The van der Waals surface area contributed by atoms with Crippen molar-refractivity contribution >= 4 is 29.3 Å². The molecule has 2 aromatic rings. The van der Waals surface area contributed by atoms with E-state index in [1.165, 1.54) is 24.3 Å². The van der Waals surface area contributed by atoms with E-state index in [2.05, 4.69) is 0 Å². The summed E-state index contributed by atoms with van der Waals surface area (Å²) in [7, 11) is 0. The lowest BCUT2D eigenvalue weighted by molar-refractivity contribution is -0.384. The van der Waals surface area contributed by atoms with E-state index < -0.39 is 10.9 Å². The molecule has 0 bridgehead atoms. The lowest BCUT2D eigenvalue weighted by Crippen LogP contribution is -2.38. The van der Waals surface area contributed by atoms with Gasteiger partial charge >= 0.3 is 5.97 Å². The lowest BCUT2D eigenvalue weighted by atomic mass is 10.0. The molecule has 0 saturated carbocycles. The third kappa shape index (κ3) is 4.58. The molecule has 0 saturated heterocycles. The largest absolute Gasteiger partial charge is 0.452 e. The predicted octanol–water partition coefficient (Wildman–Crippen LogP) is 3.13. The van der Waals surface area contributed by atoms with Gasteiger partial charge in [0.2, 0.25) is 0 Å². The van der Waals surface area contributed by atoms with Crippen LogP contribution in [0, 0.1) is 10.1 Å². The number of benzene rings is 2. The van der Waals surface area contributed by atoms with Gasteiger partial charge in [-0.1, -0.05) is 30.3 Å². The summed E-state index contributed by atoms with van der Waals surface area (Å²) in [6.45, 7) is 0.239. The summed E-state index contributed by atoms with van der Waals surface area (Å²) in [4.78, 5) is 36.1. The van der Waals surface area contributed by atoms with Crippen LogP contribution in [0.2, 0.25) is 0 Å².